The van der Waals surface area contributed by atoms with Gasteiger partial charge in [-0.25, -0.2) is 9.98 Å². The number of aliphatic imine (C=N–C) groups is 1. The van der Waals surface area contributed by atoms with Gasteiger partial charge in [0.2, 0.25) is 5.91 Å². The van der Waals surface area contributed by atoms with Crippen molar-refractivity contribution in [1.29, 1.82) is 0 Å². The van der Waals surface area contributed by atoms with E-state index in [0.717, 1.165) is 43.8 Å². The summed E-state index contributed by atoms with van der Waals surface area (Å²) in [5.41, 5.74) is 0.670. The lowest BCUT2D eigenvalue weighted by molar-refractivity contribution is -0.138. The van der Waals surface area contributed by atoms with Crippen LogP contribution in [0.4, 0.5) is 0 Å². The zero-order valence-electron chi connectivity index (χ0n) is 15.3. The molecule has 2 N–H and O–H groups in total. The molecule has 138 valence electrons. The molecule has 1 aromatic heterocycles. The fourth-order valence-electron chi connectivity index (χ4n) is 3.26. The van der Waals surface area contributed by atoms with Crippen LogP contribution in [0.3, 0.4) is 0 Å². The van der Waals surface area contributed by atoms with Crippen LogP contribution in [0.25, 0.3) is 0 Å². The summed E-state index contributed by atoms with van der Waals surface area (Å²) in [6, 6.07) is 3.67. The molecule has 25 heavy (non-hydrogen) atoms. The Labute approximate surface area is 155 Å². The number of hydrogen-bond donors (Lipinski definition) is 2. The van der Waals surface area contributed by atoms with Gasteiger partial charge in [0.15, 0.2) is 5.96 Å². The van der Waals surface area contributed by atoms with Gasteiger partial charge >= 0.3 is 0 Å². The quantitative estimate of drug-likeness (QED) is 0.461. The van der Waals surface area contributed by atoms with Crippen molar-refractivity contribution in [2.75, 3.05) is 27.2 Å². The number of pyridine rings is 1. The lowest BCUT2D eigenvalue weighted by Gasteiger charge is -2.31. The first-order valence-electron chi connectivity index (χ1n) is 8.81. The van der Waals surface area contributed by atoms with E-state index >= 15 is 0 Å². The molecule has 0 radical (unpaired) electrons. The average molecular weight is 366 g/mol. The Bertz CT molecular complexity index is 594. The molecule has 0 saturated heterocycles. The summed E-state index contributed by atoms with van der Waals surface area (Å²) in [7, 11) is 3.66. The van der Waals surface area contributed by atoms with Gasteiger partial charge in [-0.05, 0) is 31.4 Å². The maximum Gasteiger partial charge on any atom is 0.230 e. The van der Waals surface area contributed by atoms with Gasteiger partial charge in [0.25, 0.3) is 0 Å². The summed E-state index contributed by atoms with van der Waals surface area (Å²) in [5, 5.41) is 7.08. The second kappa shape index (κ2) is 9.04. The first-order chi connectivity index (χ1) is 12.0. The lowest BCUT2D eigenvalue weighted by Crippen LogP contribution is -2.49. The van der Waals surface area contributed by atoms with Crippen molar-refractivity contribution in [2.24, 2.45) is 10.4 Å². The van der Waals surface area contributed by atoms with Crippen LogP contribution in [0.2, 0.25) is 5.15 Å². The van der Waals surface area contributed by atoms with Crippen LogP contribution < -0.4 is 10.6 Å². The highest BCUT2D eigenvalue weighted by atomic mass is 35.5. The van der Waals surface area contributed by atoms with Crippen LogP contribution in [-0.2, 0) is 11.3 Å². The van der Waals surface area contributed by atoms with Crippen molar-refractivity contribution in [1.82, 2.24) is 20.5 Å². The number of nitrogens with zero attached hydrogens (tertiary/aromatic N) is 3. The van der Waals surface area contributed by atoms with Gasteiger partial charge in [0.1, 0.15) is 5.15 Å². The molecule has 1 amide bonds. The summed E-state index contributed by atoms with van der Waals surface area (Å²) in [6.07, 6.45) is 5.79. The van der Waals surface area contributed by atoms with E-state index in [9.17, 15) is 4.79 Å². The van der Waals surface area contributed by atoms with E-state index in [4.69, 9.17) is 11.6 Å². The van der Waals surface area contributed by atoms with Crippen molar-refractivity contribution in [3.05, 3.63) is 29.0 Å². The van der Waals surface area contributed by atoms with Crippen LogP contribution >= 0.6 is 11.6 Å². The van der Waals surface area contributed by atoms with E-state index in [1.165, 1.54) is 0 Å². The number of carbonyl (C=O) groups excluding carboxylic acids is 1. The fourth-order valence-corrected chi connectivity index (χ4v) is 3.37. The third-order valence-electron chi connectivity index (χ3n) is 4.57. The predicted octanol–water partition coefficient (Wildman–Crippen LogP) is 2.44. The number of hydrogen-bond acceptors (Lipinski definition) is 3. The molecule has 0 bridgehead atoms. The number of carbonyl (C=O) groups is 1. The number of guanidine groups is 1. The minimum Gasteiger partial charge on any atom is -0.357 e. The summed E-state index contributed by atoms with van der Waals surface area (Å²) in [5.74, 6) is 0.922. The third kappa shape index (κ3) is 5.33. The highest BCUT2D eigenvalue weighted by molar-refractivity contribution is 6.29. The maximum absolute atomic E-state index is 12.7. The number of halogens is 1. The number of aromatic nitrogens is 1. The lowest BCUT2D eigenvalue weighted by atomic mass is 9.84. The molecule has 1 aliphatic rings. The minimum atomic E-state index is -0.318. The van der Waals surface area contributed by atoms with Gasteiger partial charge < -0.3 is 15.5 Å². The van der Waals surface area contributed by atoms with Crippen LogP contribution in [0.15, 0.2) is 23.3 Å². The van der Waals surface area contributed by atoms with E-state index in [0.29, 0.717) is 18.2 Å². The van der Waals surface area contributed by atoms with Crippen LogP contribution in [0, 0.1) is 5.41 Å². The SMILES string of the molecule is CCNC(=NCc1ccc(Cl)nc1)NCC1(C(=O)N(C)C)CCCC1. The molecule has 0 unspecified atom stereocenters. The molecule has 0 atom stereocenters. The number of rotatable bonds is 6. The van der Waals surface area contributed by atoms with Gasteiger partial charge in [0, 0.05) is 33.4 Å². The van der Waals surface area contributed by atoms with E-state index in [1.807, 2.05) is 27.1 Å². The van der Waals surface area contributed by atoms with Gasteiger partial charge in [-0.2, -0.15) is 0 Å². The van der Waals surface area contributed by atoms with Crippen LogP contribution in [-0.4, -0.2) is 48.9 Å². The molecule has 1 aliphatic carbocycles. The van der Waals surface area contributed by atoms with Crippen molar-refractivity contribution >= 4 is 23.5 Å². The third-order valence-corrected chi connectivity index (χ3v) is 4.79. The largest absolute Gasteiger partial charge is 0.357 e. The minimum absolute atomic E-state index is 0.204. The molecule has 0 aliphatic heterocycles. The second-order valence-electron chi connectivity index (χ2n) is 6.72. The Hall–Kier alpha value is -1.82. The zero-order valence-corrected chi connectivity index (χ0v) is 16.1. The predicted molar refractivity (Wildman–Crippen MR) is 102 cm³/mol. The smallest absolute Gasteiger partial charge is 0.230 e. The number of nitrogens with one attached hydrogen (secondary N) is 2. The van der Waals surface area contributed by atoms with Gasteiger partial charge in [-0.15, -0.1) is 0 Å². The van der Waals surface area contributed by atoms with Gasteiger partial charge in [-0.1, -0.05) is 30.5 Å². The van der Waals surface area contributed by atoms with E-state index < -0.39 is 0 Å². The van der Waals surface area contributed by atoms with Crippen molar-refractivity contribution in [2.45, 2.75) is 39.2 Å². The Balaban J connectivity index is 2.03. The first-order valence-corrected chi connectivity index (χ1v) is 9.19. The second-order valence-corrected chi connectivity index (χ2v) is 7.11. The molecular formula is C18H28ClN5O. The molecule has 1 fully saturated rings. The zero-order chi connectivity index (χ0) is 18.3. The maximum atomic E-state index is 12.7. The molecule has 2 rings (SSSR count). The van der Waals surface area contributed by atoms with E-state index in [2.05, 4.69) is 20.6 Å². The summed E-state index contributed by atoms with van der Waals surface area (Å²) < 4.78 is 0. The summed E-state index contributed by atoms with van der Waals surface area (Å²) in [4.78, 5) is 23.0. The van der Waals surface area contributed by atoms with Gasteiger partial charge in [-0.3, -0.25) is 4.79 Å². The van der Waals surface area contributed by atoms with Gasteiger partial charge in [0.05, 0.1) is 12.0 Å². The highest BCUT2D eigenvalue weighted by Gasteiger charge is 2.42. The fraction of sp³-hybridized carbons (Fsp3) is 0.611. The molecule has 6 nitrogen and oxygen atoms in total. The summed E-state index contributed by atoms with van der Waals surface area (Å²) in [6.45, 7) is 3.90. The topological polar surface area (TPSA) is 69.6 Å². The highest BCUT2D eigenvalue weighted by Crippen LogP contribution is 2.38. The van der Waals surface area contributed by atoms with Crippen molar-refractivity contribution in [3.63, 3.8) is 0 Å². The molecule has 0 spiro atoms. The molecule has 1 aromatic rings. The Morgan fingerprint density at radius 3 is 2.60 bits per heavy atom. The van der Waals surface area contributed by atoms with E-state index in [-0.39, 0.29) is 11.3 Å². The van der Waals surface area contributed by atoms with Crippen molar-refractivity contribution < 1.29 is 4.79 Å². The number of amides is 1. The Morgan fingerprint density at radius 2 is 2.04 bits per heavy atom. The first kappa shape index (κ1) is 19.5. The normalized spacial score (nSPS) is 16.6. The van der Waals surface area contributed by atoms with Crippen LogP contribution in [0.1, 0.15) is 38.2 Å². The Morgan fingerprint density at radius 1 is 1.32 bits per heavy atom. The Kier molecular flexibility index (Phi) is 7.05. The molecule has 1 heterocycles. The van der Waals surface area contributed by atoms with E-state index in [1.54, 1.807) is 17.2 Å². The molecular weight excluding hydrogens is 338 g/mol. The molecule has 1 saturated carbocycles. The molecule has 0 aromatic carbocycles. The summed E-state index contributed by atoms with van der Waals surface area (Å²) >= 11 is 5.81. The monoisotopic (exact) mass is 365 g/mol. The van der Waals surface area contributed by atoms with Crippen LogP contribution in [0.5, 0.6) is 0 Å². The standard InChI is InChI=1S/C18H28ClN5O/c1-4-20-17(22-12-14-7-8-15(19)21-11-14)23-13-18(9-5-6-10-18)16(25)24(2)3/h7-8,11H,4-6,9-10,12-13H2,1-3H3,(H2,20,22,23). The molecule has 7 heteroatoms. The van der Waals surface area contributed by atoms with Crippen molar-refractivity contribution in [3.8, 4) is 0 Å². The average Bonchev–Trinajstić information content (AvgIpc) is 3.08.